The maximum atomic E-state index is 11.9. The van der Waals surface area contributed by atoms with Crippen molar-refractivity contribution in [2.75, 3.05) is 11.9 Å². The van der Waals surface area contributed by atoms with Gasteiger partial charge in [0.1, 0.15) is 12.1 Å². The van der Waals surface area contributed by atoms with Crippen molar-refractivity contribution in [1.29, 1.82) is 0 Å². The second kappa shape index (κ2) is 9.46. The third kappa shape index (κ3) is 6.21. The van der Waals surface area contributed by atoms with E-state index in [2.05, 4.69) is 17.2 Å². The van der Waals surface area contributed by atoms with Crippen LogP contribution in [0.1, 0.15) is 30.6 Å². The van der Waals surface area contributed by atoms with Gasteiger partial charge in [-0.15, -0.1) is 6.58 Å². The Labute approximate surface area is 140 Å². The quantitative estimate of drug-likeness (QED) is 0.472. The van der Waals surface area contributed by atoms with Gasteiger partial charge in [-0.05, 0) is 44.5 Å². The number of hydrogen-bond acceptors (Lipinski definition) is 4. The van der Waals surface area contributed by atoms with Gasteiger partial charge in [0, 0.05) is 11.3 Å². The van der Waals surface area contributed by atoms with E-state index in [1.165, 1.54) is 19.1 Å². The maximum absolute atomic E-state index is 11.9. The molecule has 0 aromatic heterocycles. The molecule has 24 heavy (non-hydrogen) atoms. The molecule has 0 aliphatic rings. The summed E-state index contributed by atoms with van der Waals surface area (Å²) in [5.74, 6) is -1.91. The van der Waals surface area contributed by atoms with Crippen LogP contribution in [0.15, 0.2) is 36.9 Å². The minimum atomic E-state index is -1.11. The van der Waals surface area contributed by atoms with Gasteiger partial charge in [0.15, 0.2) is 0 Å². The SMILES string of the molecule is C=CCCOC(C)C(=O)Nc1ccc(C(=O)NC(C)C(=O)O)cc1. The number of ether oxygens (including phenoxy) is 1. The van der Waals surface area contributed by atoms with Gasteiger partial charge in [0.25, 0.3) is 11.8 Å². The van der Waals surface area contributed by atoms with Gasteiger partial charge in [-0.25, -0.2) is 0 Å². The van der Waals surface area contributed by atoms with Crippen LogP contribution in [0, 0.1) is 0 Å². The number of aliphatic carboxylic acids is 1. The molecule has 0 saturated carbocycles. The molecule has 3 N–H and O–H groups in total. The molecule has 0 radical (unpaired) electrons. The zero-order valence-electron chi connectivity index (χ0n) is 13.7. The standard InChI is InChI=1S/C17H22N2O5/c1-4-5-10-24-12(3)15(20)19-14-8-6-13(7-9-14)16(21)18-11(2)17(22)23/h4,6-9,11-12H,1,5,10H2,2-3H3,(H,18,21)(H,19,20)(H,22,23). The lowest BCUT2D eigenvalue weighted by atomic mass is 10.1. The third-order valence-corrected chi connectivity index (χ3v) is 3.19. The Hall–Kier alpha value is -2.67. The molecule has 0 fully saturated rings. The Morgan fingerprint density at radius 1 is 1.25 bits per heavy atom. The van der Waals surface area contributed by atoms with E-state index in [-0.39, 0.29) is 5.91 Å². The molecule has 1 aromatic carbocycles. The summed E-state index contributed by atoms with van der Waals surface area (Å²) in [5.41, 5.74) is 0.818. The van der Waals surface area contributed by atoms with Crippen molar-refractivity contribution < 1.29 is 24.2 Å². The Kier molecular flexibility index (Phi) is 7.64. The van der Waals surface area contributed by atoms with Crippen LogP contribution in [0.5, 0.6) is 0 Å². The molecule has 0 heterocycles. The van der Waals surface area contributed by atoms with Gasteiger partial charge < -0.3 is 20.5 Å². The van der Waals surface area contributed by atoms with Crippen molar-refractivity contribution in [1.82, 2.24) is 5.32 Å². The molecular weight excluding hydrogens is 312 g/mol. The molecule has 0 spiro atoms. The minimum absolute atomic E-state index is 0.296. The highest BCUT2D eigenvalue weighted by atomic mass is 16.5. The van der Waals surface area contributed by atoms with Gasteiger partial charge in [-0.2, -0.15) is 0 Å². The lowest BCUT2D eigenvalue weighted by molar-refractivity contribution is -0.138. The molecular formula is C17H22N2O5. The van der Waals surface area contributed by atoms with Crippen molar-refractivity contribution in [3.05, 3.63) is 42.5 Å². The van der Waals surface area contributed by atoms with E-state index in [9.17, 15) is 14.4 Å². The summed E-state index contributed by atoms with van der Waals surface area (Å²) in [6.45, 7) is 7.01. The van der Waals surface area contributed by atoms with Crippen LogP contribution in [0.25, 0.3) is 0 Å². The first-order chi connectivity index (χ1) is 11.3. The molecule has 7 heteroatoms. The number of nitrogens with one attached hydrogen (secondary N) is 2. The molecule has 2 amide bonds. The molecule has 7 nitrogen and oxygen atoms in total. The molecule has 0 aliphatic carbocycles. The van der Waals surface area contributed by atoms with Crippen molar-refractivity contribution in [3.63, 3.8) is 0 Å². The Balaban J connectivity index is 2.58. The smallest absolute Gasteiger partial charge is 0.325 e. The van der Waals surface area contributed by atoms with Crippen LogP contribution in [0.2, 0.25) is 0 Å². The van der Waals surface area contributed by atoms with E-state index < -0.39 is 24.0 Å². The number of anilines is 1. The third-order valence-electron chi connectivity index (χ3n) is 3.19. The minimum Gasteiger partial charge on any atom is -0.480 e. The van der Waals surface area contributed by atoms with E-state index in [4.69, 9.17) is 9.84 Å². The fourth-order valence-corrected chi connectivity index (χ4v) is 1.69. The van der Waals surface area contributed by atoms with Crippen molar-refractivity contribution >= 4 is 23.5 Å². The zero-order chi connectivity index (χ0) is 18.1. The molecule has 2 atom stereocenters. The summed E-state index contributed by atoms with van der Waals surface area (Å²) >= 11 is 0. The highest BCUT2D eigenvalue weighted by Crippen LogP contribution is 2.11. The monoisotopic (exact) mass is 334 g/mol. The number of hydrogen-bond donors (Lipinski definition) is 3. The lowest BCUT2D eigenvalue weighted by Gasteiger charge is -2.13. The fourth-order valence-electron chi connectivity index (χ4n) is 1.69. The number of amides is 2. The van der Waals surface area contributed by atoms with Gasteiger partial charge in [-0.3, -0.25) is 14.4 Å². The first kappa shape index (κ1) is 19.4. The summed E-state index contributed by atoms with van der Waals surface area (Å²) in [7, 11) is 0. The number of carbonyl (C=O) groups excluding carboxylic acids is 2. The van der Waals surface area contributed by atoms with Crippen LogP contribution in [-0.2, 0) is 14.3 Å². The van der Waals surface area contributed by atoms with E-state index in [1.54, 1.807) is 25.1 Å². The van der Waals surface area contributed by atoms with E-state index in [0.29, 0.717) is 24.3 Å². The van der Waals surface area contributed by atoms with E-state index in [0.717, 1.165) is 0 Å². The predicted octanol–water partition coefficient (Wildman–Crippen LogP) is 1.81. The highest BCUT2D eigenvalue weighted by Gasteiger charge is 2.16. The Morgan fingerprint density at radius 2 is 1.88 bits per heavy atom. The second-order valence-corrected chi connectivity index (χ2v) is 5.19. The second-order valence-electron chi connectivity index (χ2n) is 5.19. The van der Waals surface area contributed by atoms with Crippen molar-refractivity contribution in [2.24, 2.45) is 0 Å². The van der Waals surface area contributed by atoms with Crippen LogP contribution in [0.4, 0.5) is 5.69 Å². The molecule has 1 rings (SSSR count). The molecule has 2 unspecified atom stereocenters. The average molecular weight is 334 g/mol. The summed E-state index contributed by atoms with van der Waals surface area (Å²) in [6, 6.07) is 5.15. The number of carboxylic acid groups (broad SMARTS) is 1. The van der Waals surface area contributed by atoms with Crippen molar-refractivity contribution in [3.8, 4) is 0 Å². The van der Waals surface area contributed by atoms with Gasteiger partial charge >= 0.3 is 5.97 Å². The van der Waals surface area contributed by atoms with Crippen LogP contribution >= 0.6 is 0 Å². The molecule has 0 bridgehead atoms. The summed E-state index contributed by atoms with van der Waals surface area (Å²) in [5, 5.41) is 13.8. The Morgan fingerprint density at radius 3 is 2.42 bits per heavy atom. The predicted molar refractivity (Wildman–Crippen MR) is 89.9 cm³/mol. The highest BCUT2D eigenvalue weighted by molar-refractivity contribution is 5.98. The number of carboxylic acids is 1. The maximum Gasteiger partial charge on any atom is 0.325 e. The number of benzene rings is 1. The summed E-state index contributed by atoms with van der Waals surface area (Å²) in [6.07, 6.45) is 1.76. The van der Waals surface area contributed by atoms with Crippen LogP contribution in [0.3, 0.4) is 0 Å². The van der Waals surface area contributed by atoms with E-state index in [1.807, 2.05) is 0 Å². The molecule has 130 valence electrons. The fraction of sp³-hybridized carbons (Fsp3) is 0.353. The lowest BCUT2D eigenvalue weighted by Crippen LogP contribution is -2.38. The molecule has 0 saturated heterocycles. The summed E-state index contributed by atoms with van der Waals surface area (Å²) < 4.78 is 5.34. The molecule has 1 aromatic rings. The topological polar surface area (TPSA) is 105 Å². The largest absolute Gasteiger partial charge is 0.480 e. The van der Waals surface area contributed by atoms with Gasteiger partial charge in [-0.1, -0.05) is 6.08 Å². The van der Waals surface area contributed by atoms with Crippen LogP contribution < -0.4 is 10.6 Å². The van der Waals surface area contributed by atoms with Crippen molar-refractivity contribution in [2.45, 2.75) is 32.4 Å². The normalized spacial score (nSPS) is 12.8. The first-order valence-corrected chi connectivity index (χ1v) is 7.52. The Bertz CT molecular complexity index is 598. The van der Waals surface area contributed by atoms with E-state index >= 15 is 0 Å². The summed E-state index contributed by atoms with van der Waals surface area (Å²) in [4.78, 5) is 34.5. The van der Waals surface area contributed by atoms with Gasteiger partial charge in [0.05, 0.1) is 6.61 Å². The number of rotatable bonds is 9. The first-order valence-electron chi connectivity index (χ1n) is 7.52. The van der Waals surface area contributed by atoms with Gasteiger partial charge in [0.2, 0.25) is 0 Å². The number of carbonyl (C=O) groups is 3. The molecule has 0 aliphatic heterocycles. The van der Waals surface area contributed by atoms with Crippen LogP contribution in [-0.4, -0.2) is 41.6 Å². The zero-order valence-corrected chi connectivity index (χ0v) is 13.7. The average Bonchev–Trinajstić information content (AvgIpc) is 2.55.